The molecule has 0 aliphatic rings. The van der Waals surface area contributed by atoms with Crippen LogP contribution in [0.1, 0.15) is 12.5 Å². The van der Waals surface area contributed by atoms with Crippen molar-refractivity contribution >= 4 is 17.3 Å². The molecule has 0 fully saturated rings. The van der Waals surface area contributed by atoms with Crippen LogP contribution in [0.3, 0.4) is 0 Å². The van der Waals surface area contributed by atoms with E-state index in [-0.39, 0.29) is 5.97 Å². The summed E-state index contributed by atoms with van der Waals surface area (Å²) < 4.78 is 4.57. The lowest BCUT2D eigenvalue weighted by atomic mass is 10.1. The summed E-state index contributed by atoms with van der Waals surface area (Å²) in [6.45, 7) is 1.66. The second-order valence-electron chi connectivity index (χ2n) is 3.30. The zero-order valence-electron chi connectivity index (χ0n) is 9.15. The van der Waals surface area contributed by atoms with Gasteiger partial charge in [0, 0.05) is 0 Å². The number of nitrogens with two attached hydrogens (primary N) is 1. The second-order valence-corrected chi connectivity index (χ2v) is 3.30. The summed E-state index contributed by atoms with van der Waals surface area (Å²) in [7, 11) is 1.32. The quantitative estimate of drug-likeness (QED) is 0.587. The number of nitrogens with one attached hydrogen (secondary N) is 1. The van der Waals surface area contributed by atoms with Gasteiger partial charge in [0.25, 0.3) is 0 Å². The standard InChI is InChI=1S/C11H13N3O2/c1-7(11(15)16-2)14-10-5-8(6-12)3-4-9(10)13/h3-5,7,14H,13H2,1-2H3. The number of ether oxygens (including phenoxy) is 1. The number of nitrogen functional groups attached to an aromatic ring is 1. The molecule has 0 amide bonds. The molecule has 0 aromatic heterocycles. The number of nitriles is 1. The zero-order valence-corrected chi connectivity index (χ0v) is 9.15. The molecule has 1 unspecified atom stereocenters. The van der Waals surface area contributed by atoms with Crippen molar-refractivity contribution in [2.75, 3.05) is 18.2 Å². The van der Waals surface area contributed by atoms with Gasteiger partial charge in [0.1, 0.15) is 6.04 Å². The summed E-state index contributed by atoms with van der Waals surface area (Å²) in [4.78, 5) is 11.2. The van der Waals surface area contributed by atoms with Gasteiger partial charge in [-0.05, 0) is 25.1 Å². The molecule has 1 aromatic carbocycles. The Morgan fingerprint density at radius 2 is 2.31 bits per heavy atom. The largest absolute Gasteiger partial charge is 0.467 e. The molecule has 1 atom stereocenters. The van der Waals surface area contributed by atoms with E-state index in [2.05, 4.69) is 10.1 Å². The Labute approximate surface area is 93.8 Å². The Hall–Kier alpha value is -2.22. The van der Waals surface area contributed by atoms with E-state index < -0.39 is 6.04 Å². The SMILES string of the molecule is COC(=O)C(C)Nc1cc(C#N)ccc1N. The molecule has 0 heterocycles. The van der Waals surface area contributed by atoms with Crippen molar-refractivity contribution in [3.63, 3.8) is 0 Å². The molecule has 0 spiro atoms. The van der Waals surface area contributed by atoms with Crippen LogP contribution in [-0.2, 0) is 9.53 Å². The molecule has 1 aromatic rings. The molecule has 0 bridgehead atoms. The van der Waals surface area contributed by atoms with Crippen molar-refractivity contribution < 1.29 is 9.53 Å². The van der Waals surface area contributed by atoms with Gasteiger partial charge in [-0.2, -0.15) is 5.26 Å². The van der Waals surface area contributed by atoms with Gasteiger partial charge >= 0.3 is 5.97 Å². The Bertz CT molecular complexity index is 437. The van der Waals surface area contributed by atoms with Crippen LogP contribution in [0.2, 0.25) is 0 Å². The highest BCUT2D eigenvalue weighted by atomic mass is 16.5. The smallest absolute Gasteiger partial charge is 0.327 e. The number of rotatable bonds is 3. The van der Waals surface area contributed by atoms with Crippen molar-refractivity contribution in [3.05, 3.63) is 23.8 Å². The Morgan fingerprint density at radius 1 is 1.62 bits per heavy atom. The summed E-state index contributed by atoms with van der Waals surface area (Å²) in [5.41, 5.74) is 7.22. The highest BCUT2D eigenvalue weighted by Gasteiger charge is 2.13. The van der Waals surface area contributed by atoms with Crippen LogP contribution in [0.15, 0.2) is 18.2 Å². The molecule has 5 nitrogen and oxygen atoms in total. The predicted molar refractivity (Wildman–Crippen MR) is 60.7 cm³/mol. The number of esters is 1. The van der Waals surface area contributed by atoms with E-state index in [1.807, 2.05) is 6.07 Å². The highest BCUT2D eigenvalue weighted by Crippen LogP contribution is 2.20. The Kier molecular flexibility index (Phi) is 3.72. The molecule has 0 saturated heterocycles. The second kappa shape index (κ2) is 5.03. The van der Waals surface area contributed by atoms with Gasteiger partial charge in [0.15, 0.2) is 0 Å². The molecule has 0 aliphatic carbocycles. The molecular weight excluding hydrogens is 206 g/mol. The summed E-state index contributed by atoms with van der Waals surface area (Å²) in [6, 6.07) is 6.31. The third-order valence-electron chi connectivity index (χ3n) is 2.11. The molecule has 3 N–H and O–H groups in total. The Balaban J connectivity index is 2.88. The van der Waals surface area contributed by atoms with Gasteiger partial charge in [-0.3, -0.25) is 0 Å². The lowest BCUT2D eigenvalue weighted by Gasteiger charge is -2.14. The number of nitrogens with zero attached hydrogens (tertiary/aromatic N) is 1. The molecule has 1 rings (SSSR count). The van der Waals surface area contributed by atoms with Crippen molar-refractivity contribution in [1.82, 2.24) is 0 Å². The topological polar surface area (TPSA) is 88.1 Å². The molecule has 0 aliphatic heterocycles. The van der Waals surface area contributed by atoms with E-state index in [1.54, 1.807) is 25.1 Å². The highest BCUT2D eigenvalue weighted by molar-refractivity contribution is 5.81. The lowest BCUT2D eigenvalue weighted by Crippen LogP contribution is -2.27. The van der Waals surface area contributed by atoms with Crippen LogP contribution in [0.25, 0.3) is 0 Å². The van der Waals surface area contributed by atoms with E-state index in [0.717, 1.165) is 0 Å². The number of hydrogen-bond acceptors (Lipinski definition) is 5. The van der Waals surface area contributed by atoms with E-state index in [1.165, 1.54) is 7.11 Å². The number of methoxy groups -OCH3 is 1. The fraction of sp³-hybridized carbons (Fsp3) is 0.273. The van der Waals surface area contributed by atoms with Crippen LogP contribution in [0, 0.1) is 11.3 Å². The normalized spacial score (nSPS) is 11.3. The first-order chi connectivity index (χ1) is 7.58. The molecule has 84 valence electrons. The fourth-order valence-electron chi connectivity index (χ4n) is 1.22. The predicted octanol–water partition coefficient (Wildman–Crippen LogP) is 1.11. The van der Waals surface area contributed by atoms with Crippen LogP contribution in [0.4, 0.5) is 11.4 Å². The average molecular weight is 219 g/mol. The Morgan fingerprint density at radius 3 is 2.88 bits per heavy atom. The first-order valence-corrected chi connectivity index (χ1v) is 4.72. The first-order valence-electron chi connectivity index (χ1n) is 4.72. The van der Waals surface area contributed by atoms with Crippen LogP contribution < -0.4 is 11.1 Å². The van der Waals surface area contributed by atoms with Crippen molar-refractivity contribution in [2.24, 2.45) is 0 Å². The molecule has 16 heavy (non-hydrogen) atoms. The number of carbonyl (C=O) groups is 1. The van der Waals surface area contributed by atoms with E-state index in [4.69, 9.17) is 11.0 Å². The molecule has 0 saturated carbocycles. The lowest BCUT2D eigenvalue weighted by molar-refractivity contribution is -0.141. The van der Waals surface area contributed by atoms with Crippen molar-refractivity contribution in [1.29, 1.82) is 5.26 Å². The van der Waals surface area contributed by atoms with Gasteiger partial charge < -0.3 is 15.8 Å². The van der Waals surface area contributed by atoms with Crippen LogP contribution in [-0.4, -0.2) is 19.1 Å². The third-order valence-corrected chi connectivity index (χ3v) is 2.11. The summed E-state index contributed by atoms with van der Waals surface area (Å²) in [6.07, 6.45) is 0. The summed E-state index contributed by atoms with van der Waals surface area (Å²) >= 11 is 0. The van der Waals surface area contributed by atoms with Crippen LogP contribution >= 0.6 is 0 Å². The third kappa shape index (κ3) is 2.64. The van der Waals surface area contributed by atoms with Gasteiger partial charge in [0.2, 0.25) is 0 Å². The number of hydrogen-bond donors (Lipinski definition) is 2. The fourth-order valence-corrected chi connectivity index (χ4v) is 1.22. The number of anilines is 2. The molecular formula is C11H13N3O2. The van der Waals surface area contributed by atoms with Crippen molar-refractivity contribution in [3.8, 4) is 6.07 Å². The average Bonchev–Trinajstić information content (AvgIpc) is 2.30. The van der Waals surface area contributed by atoms with Crippen LogP contribution in [0.5, 0.6) is 0 Å². The summed E-state index contributed by atoms with van der Waals surface area (Å²) in [5, 5.41) is 11.6. The minimum Gasteiger partial charge on any atom is -0.467 e. The number of benzene rings is 1. The van der Waals surface area contributed by atoms with Gasteiger partial charge in [0.05, 0.1) is 30.1 Å². The monoisotopic (exact) mass is 219 g/mol. The maximum Gasteiger partial charge on any atom is 0.327 e. The maximum atomic E-state index is 11.2. The van der Waals surface area contributed by atoms with E-state index in [9.17, 15) is 4.79 Å². The van der Waals surface area contributed by atoms with Gasteiger partial charge in [-0.15, -0.1) is 0 Å². The minimum atomic E-state index is -0.513. The van der Waals surface area contributed by atoms with Gasteiger partial charge in [-0.1, -0.05) is 0 Å². The first kappa shape index (κ1) is 11.9. The summed E-state index contributed by atoms with van der Waals surface area (Å²) in [5.74, 6) is -0.387. The van der Waals surface area contributed by atoms with Gasteiger partial charge in [-0.25, -0.2) is 4.79 Å². The zero-order chi connectivity index (χ0) is 12.1. The van der Waals surface area contributed by atoms with E-state index in [0.29, 0.717) is 16.9 Å². The minimum absolute atomic E-state index is 0.387. The molecule has 5 heteroatoms. The van der Waals surface area contributed by atoms with Crippen molar-refractivity contribution in [2.45, 2.75) is 13.0 Å². The number of carbonyl (C=O) groups excluding carboxylic acids is 1. The molecule has 0 radical (unpaired) electrons. The maximum absolute atomic E-state index is 11.2. The van der Waals surface area contributed by atoms with E-state index >= 15 is 0 Å².